The zero-order chi connectivity index (χ0) is 27.9. The molecule has 2 N–H and O–H groups in total. The number of carbonyl (C=O) groups is 2. The Kier molecular flexibility index (Phi) is 8.56. The van der Waals surface area contributed by atoms with Crippen LogP contribution in [0, 0.1) is 0 Å². The van der Waals surface area contributed by atoms with Gasteiger partial charge in [0.05, 0.1) is 18.2 Å². The van der Waals surface area contributed by atoms with Crippen molar-refractivity contribution in [3.8, 4) is 11.5 Å². The summed E-state index contributed by atoms with van der Waals surface area (Å²) in [5.41, 5.74) is 4.62. The van der Waals surface area contributed by atoms with E-state index in [9.17, 15) is 14.7 Å². The number of hydrogen-bond acceptors (Lipinski definition) is 6. The van der Waals surface area contributed by atoms with Crippen molar-refractivity contribution in [2.75, 3.05) is 7.11 Å². The van der Waals surface area contributed by atoms with E-state index in [-0.39, 0.29) is 18.1 Å². The Balaban J connectivity index is 1.33. The molecule has 3 aromatic carbocycles. The first-order valence-electron chi connectivity index (χ1n) is 13.2. The van der Waals surface area contributed by atoms with E-state index in [1.54, 1.807) is 48.9 Å². The topological polar surface area (TPSA) is 97.2 Å². The van der Waals surface area contributed by atoms with Gasteiger partial charge in [-0.25, -0.2) is 9.79 Å². The Hall–Kier alpha value is -4.43. The molecule has 0 radical (unpaired) electrons. The number of ether oxygens (including phenoxy) is 2. The normalized spacial score (nSPS) is 12.6. The van der Waals surface area contributed by atoms with E-state index in [1.807, 2.05) is 48.5 Å². The SMILES string of the molecule is COc1cc(C=Nc2sc3c(c2C(=O)NCc2ccccc2)CCCC3)ccc1OCc1cccc(C(=O)O)c1. The molecule has 1 amide bonds. The van der Waals surface area contributed by atoms with E-state index in [0.29, 0.717) is 23.6 Å². The molecular weight excluding hydrogens is 524 g/mol. The van der Waals surface area contributed by atoms with Crippen LogP contribution in [0.25, 0.3) is 0 Å². The lowest BCUT2D eigenvalue weighted by molar-refractivity contribution is 0.0696. The standard InChI is InChI=1S/C32H30N2O5S/c1-38-27-17-22(14-15-26(27)39-20-23-10-7-11-24(16-23)32(36)37)19-34-31-29(25-12-5-6-13-28(25)40-31)30(35)33-18-21-8-3-2-4-9-21/h2-4,7-11,14-17,19H,5-6,12-13,18,20H2,1H3,(H,33,35)(H,36,37). The van der Waals surface area contributed by atoms with Crippen LogP contribution in [0.5, 0.6) is 11.5 Å². The maximum atomic E-state index is 13.3. The van der Waals surface area contributed by atoms with Crippen molar-refractivity contribution in [1.29, 1.82) is 0 Å². The number of rotatable bonds is 10. The first kappa shape index (κ1) is 27.1. The Morgan fingerprint density at radius 2 is 1.77 bits per heavy atom. The maximum Gasteiger partial charge on any atom is 0.335 e. The highest BCUT2D eigenvalue weighted by Gasteiger charge is 2.25. The zero-order valence-corrected chi connectivity index (χ0v) is 23.0. The van der Waals surface area contributed by atoms with Crippen LogP contribution in [0.3, 0.4) is 0 Å². The number of aryl methyl sites for hydroxylation is 1. The lowest BCUT2D eigenvalue weighted by Gasteiger charge is -2.13. The van der Waals surface area contributed by atoms with Gasteiger partial charge in [0.1, 0.15) is 11.6 Å². The van der Waals surface area contributed by atoms with E-state index < -0.39 is 5.97 Å². The number of aromatic carboxylic acids is 1. The van der Waals surface area contributed by atoms with Gasteiger partial charge in [0, 0.05) is 17.6 Å². The Labute approximate surface area is 237 Å². The second-order valence-corrected chi connectivity index (χ2v) is 10.6. The van der Waals surface area contributed by atoms with Gasteiger partial charge in [0.25, 0.3) is 5.91 Å². The quantitative estimate of drug-likeness (QED) is 0.216. The van der Waals surface area contributed by atoms with E-state index >= 15 is 0 Å². The summed E-state index contributed by atoms with van der Waals surface area (Å²) < 4.78 is 11.5. The molecule has 0 atom stereocenters. The number of hydrogen-bond donors (Lipinski definition) is 2. The number of carboxylic acid groups (broad SMARTS) is 1. The highest BCUT2D eigenvalue weighted by molar-refractivity contribution is 7.16. The van der Waals surface area contributed by atoms with Gasteiger partial charge in [0.15, 0.2) is 11.5 Å². The van der Waals surface area contributed by atoms with Gasteiger partial charge in [-0.05, 0) is 78.3 Å². The van der Waals surface area contributed by atoms with Gasteiger partial charge < -0.3 is 19.9 Å². The number of amides is 1. The van der Waals surface area contributed by atoms with Crippen LogP contribution in [-0.4, -0.2) is 30.3 Å². The van der Waals surface area contributed by atoms with Gasteiger partial charge in [-0.1, -0.05) is 42.5 Å². The summed E-state index contributed by atoms with van der Waals surface area (Å²) in [7, 11) is 1.57. The van der Waals surface area contributed by atoms with Crippen LogP contribution in [-0.2, 0) is 26.0 Å². The molecule has 0 bridgehead atoms. The highest BCUT2D eigenvalue weighted by atomic mass is 32.1. The fraction of sp³-hybridized carbons (Fsp3) is 0.219. The minimum Gasteiger partial charge on any atom is -0.493 e. The lowest BCUT2D eigenvalue weighted by atomic mass is 9.95. The number of carbonyl (C=O) groups excluding carboxylic acids is 1. The fourth-order valence-corrected chi connectivity index (χ4v) is 5.95. The molecule has 0 saturated carbocycles. The Morgan fingerprint density at radius 1 is 0.975 bits per heavy atom. The third-order valence-corrected chi connectivity index (χ3v) is 7.96. The van der Waals surface area contributed by atoms with Gasteiger partial charge >= 0.3 is 5.97 Å². The minimum atomic E-state index is -0.980. The molecule has 1 heterocycles. The second-order valence-electron chi connectivity index (χ2n) is 9.52. The zero-order valence-electron chi connectivity index (χ0n) is 22.2. The van der Waals surface area contributed by atoms with Crippen LogP contribution in [0.15, 0.2) is 77.8 Å². The average Bonchev–Trinajstić information content (AvgIpc) is 3.37. The molecule has 7 nitrogen and oxygen atoms in total. The van der Waals surface area contributed by atoms with Crippen molar-refractivity contribution in [1.82, 2.24) is 5.32 Å². The van der Waals surface area contributed by atoms with Crippen molar-refractivity contribution in [2.24, 2.45) is 4.99 Å². The van der Waals surface area contributed by atoms with E-state index in [2.05, 4.69) is 5.32 Å². The number of nitrogens with zero attached hydrogens (tertiary/aromatic N) is 1. The van der Waals surface area contributed by atoms with Crippen LogP contribution in [0.4, 0.5) is 5.00 Å². The van der Waals surface area contributed by atoms with E-state index in [4.69, 9.17) is 14.5 Å². The maximum absolute atomic E-state index is 13.3. The summed E-state index contributed by atoms with van der Waals surface area (Å²) in [6.45, 7) is 0.666. The Morgan fingerprint density at radius 3 is 2.58 bits per heavy atom. The van der Waals surface area contributed by atoms with E-state index in [0.717, 1.165) is 52.9 Å². The summed E-state index contributed by atoms with van der Waals surface area (Å²) >= 11 is 1.60. The molecule has 1 aliphatic carbocycles. The predicted molar refractivity (Wildman–Crippen MR) is 157 cm³/mol. The van der Waals surface area contributed by atoms with Gasteiger partial charge in [-0.15, -0.1) is 11.3 Å². The van der Waals surface area contributed by atoms with Crippen molar-refractivity contribution in [2.45, 2.75) is 38.8 Å². The second kappa shape index (κ2) is 12.6. The number of nitrogens with one attached hydrogen (secondary N) is 1. The molecule has 40 heavy (non-hydrogen) atoms. The van der Waals surface area contributed by atoms with Crippen LogP contribution in [0.2, 0.25) is 0 Å². The highest BCUT2D eigenvalue weighted by Crippen LogP contribution is 2.40. The molecule has 4 aromatic rings. The molecule has 0 aliphatic heterocycles. The number of carboxylic acids is 1. The average molecular weight is 555 g/mol. The molecule has 5 rings (SSSR count). The summed E-state index contributed by atoms with van der Waals surface area (Å²) in [4.78, 5) is 30.6. The molecule has 8 heteroatoms. The van der Waals surface area contributed by atoms with E-state index in [1.165, 1.54) is 4.88 Å². The van der Waals surface area contributed by atoms with Gasteiger partial charge in [0.2, 0.25) is 0 Å². The van der Waals surface area contributed by atoms with Gasteiger partial charge in [-0.3, -0.25) is 4.79 Å². The number of methoxy groups -OCH3 is 1. The smallest absolute Gasteiger partial charge is 0.335 e. The summed E-state index contributed by atoms with van der Waals surface area (Å²) in [6.07, 6.45) is 5.81. The summed E-state index contributed by atoms with van der Waals surface area (Å²) in [5.74, 6) is -0.00668. The fourth-order valence-electron chi connectivity index (χ4n) is 4.72. The number of aliphatic imine (C=N–C) groups is 1. The third-order valence-electron chi connectivity index (χ3n) is 6.76. The van der Waals surface area contributed by atoms with Crippen LogP contribution >= 0.6 is 11.3 Å². The van der Waals surface area contributed by atoms with Crippen molar-refractivity contribution in [3.63, 3.8) is 0 Å². The molecule has 0 saturated heterocycles. The predicted octanol–water partition coefficient (Wildman–Crippen LogP) is 6.59. The minimum absolute atomic E-state index is 0.0938. The lowest BCUT2D eigenvalue weighted by Crippen LogP contribution is -2.24. The molecule has 0 spiro atoms. The number of fused-ring (bicyclic) bond motifs is 1. The number of thiophene rings is 1. The molecule has 0 unspecified atom stereocenters. The van der Waals surface area contributed by atoms with Crippen LogP contribution in [0.1, 0.15) is 60.7 Å². The largest absolute Gasteiger partial charge is 0.493 e. The first-order valence-corrected chi connectivity index (χ1v) is 14.0. The van der Waals surface area contributed by atoms with Gasteiger partial charge in [-0.2, -0.15) is 0 Å². The molecule has 204 valence electrons. The molecule has 0 fully saturated rings. The van der Waals surface area contributed by atoms with Crippen molar-refractivity contribution >= 4 is 34.4 Å². The number of benzene rings is 3. The molecule has 1 aromatic heterocycles. The van der Waals surface area contributed by atoms with Crippen LogP contribution < -0.4 is 14.8 Å². The van der Waals surface area contributed by atoms with Crippen molar-refractivity contribution in [3.05, 3.63) is 111 Å². The Bertz CT molecular complexity index is 1540. The first-order chi connectivity index (χ1) is 19.5. The molecular formula is C32H30N2O5S. The molecule has 1 aliphatic rings. The third kappa shape index (κ3) is 6.40. The summed E-state index contributed by atoms with van der Waals surface area (Å²) in [6, 6.07) is 22.0. The van der Waals surface area contributed by atoms with Crippen molar-refractivity contribution < 1.29 is 24.2 Å². The monoisotopic (exact) mass is 554 g/mol. The summed E-state index contributed by atoms with van der Waals surface area (Å²) in [5, 5.41) is 13.0.